The van der Waals surface area contributed by atoms with Gasteiger partial charge >= 0.3 is 0 Å². The van der Waals surface area contributed by atoms with Crippen LogP contribution in [0, 0.1) is 5.82 Å². The van der Waals surface area contributed by atoms with Crippen LogP contribution in [0.4, 0.5) is 4.39 Å². The number of benzene rings is 2. The Balaban J connectivity index is 2.14. The first-order valence-electron chi connectivity index (χ1n) is 5.86. The summed E-state index contributed by atoms with van der Waals surface area (Å²) in [5.74, 6) is -2.01. The van der Waals surface area contributed by atoms with Gasteiger partial charge in [-0.3, -0.25) is 10.2 Å². The first kappa shape index (κ1) is 16.2. The lowest BCUT2D eigenvalue weighted by Gasteiger charge is -2.09. The van der Waals surface area contributed by atoms with Gasteiger partial charge in [-0.2, -0.15) is 0 Å². The second kappa shape index (κ2) is 6.30. The summed E-state index contributed by atoms with van der Waals surface area (Å²) < 4.78 is 37.4. The van der Waals surface area contributed by atoms with Crippen molar-refractivity contribution in [2.75, 3.05) is 0 Å². The van der Waals surface area contributed by atoms with E-state index in [4.69, 9.17) is 11.6 Å². The molecule has 116 valence electrons. The topological polar surface area (TPSA) is 95.5 Å². The second-order valence-corrected chi connectivity index (χ2v) is 6.27. The highest BCUT2D eigenvalue weighted by Gasteiger charge is 2.20. The number of halogens is 2. The summed E-state index contributed by atoms with van der Waals surface area (Å²) >= 11 is 5.54. The van der Waals surface area contributed by atoms with E-state index in [9.17, 15) is 22.7 Å². The molecule has 0 heterocycles. The minimum atomic E-state index is -4.30. The molecule has 0 aliphatic rings. The molecule has 0 aromatic heterocycles. The number of hydrogen-bond donors (Lipinski definition) is 3. The zero-order valence-electron chi connectivity index (χ0n) is 10.9. The zero-order valence-corrected chi connectivity index (χ0v) is 12.5. The second-order valence-electron chi connectivity index (χ2n) is 4.18. The van der Waals surface area contributed by atoms with Crippen molar-refractivity contribution in [2.45, 2.75) is 4.90 Å². The standard InChI is InChI=1S/C13H10ClFN2O4S/c14-9-4-5-12(11(15)7-9)22(20,21)17-16-13(19)8-2-1-3-10(18)6-8/h1-7,17-18H,(H,16,19). The Morgan fingerprint density at radius 1 is 1.18 bits per heavy atom. The molecule has 2 aromatic rings. The van der Waals surface area contributed by atoms with E-state index in [2.05, 4.69) is 0 Å². The van der Waals surface area contributed by atoms with Gasteiger partial charge in [0.15, 0.2) is 0 Å². The monoisotopic (exact) mass is 344 g/mol. The minimum Gasteiger partial charge on any atom is -0.508 e. The van der Waals surface area contributed by atoms with E-state index in [0.29, 0.717) is 0 Å². The number of hydrazine groups is 1. The van der Waals surface area contributed by atoms with Crippen LogP contribution in [-0.2, 0) is 10.0 Å². The molecule has 1 amide bonds. The summed E-state index contributed by atoms with van der Waals surface area (Å²) in [5, 5.41) is 9.29. The molecule has 0 atom stereocenters. The van der Waals surface area contributed by atoms with Crippen molar-refractivity contribution in [1.82, 2.24) is 10.3 Å². The van der Waals surface area contributed by atoms with E-state index in [1.54, 1.807) is 4.83 Å². The van der Waals surface area contributed by atoms with Crippen LogP contribution in [0.5, 0.6) is 5.75 Å². The third-order valence-corrected chi connectivity index (χ3v) is 4.11. The van der Waals surface area contributed by atoms with Gasteiger partial charge in [0.1, 0.15) is 16.5 Å². The van der Waals surface area contributed by atoms with Crippen molar-refractivity contribution in [1.29, 1.82) is 0 Å². The molecule has 0 saturated carbocycles. The summed E-state index contributed by atoms with van der Waals surface area (Å²) in [6.45, 7) is 0. The van der Waals surface area contributed by atoms with Gasteiger partial charge in [-0.05, 0) is 36.4 Å². The summed E-state index contributed by atoms with van der Waals surface area (Å²) in [5.41, 5.74) is 1.95. The Morgan fingerprint density at radius 2 is 1.91 bits per heavy atom. The molecule has 0 aliphatic carbocycles. The van der Waals surface area contributed by atoms with Gasteiger partial charge in [0.25, 0.3) is 15.9 Å². The molecule has 0 saturated heterocycles. The SMILES string of the molecule is O=C(NNS(=O)(=O)c1ccc(Cl)cc1F)c1cccc(O)c1. The molecule has 0 aliphatic heterocycles. The average molecular weight is 345 g/mol. The van der Waals surface area contributed by atoms with Crippen LogP contribution in [0.2, 0.25) is 5.02 Å². The van der Waals surface area contributed by atoms with Gasteiger partial charge in [0.05, 0.1) is 0 Å². The summed E-state index contributed by atoms with van der Waals surface area (Å²) in [4.78, 5) is 12.9. The van der Waals surface area contributed by atoms with Crippen molar-refractivity contribution in [3.05, 3.63) is 58.9 Å². The third kappa shape index (κ3) is 3.73. The molecular formula is C13H10ClFN2O4S. The van der Waals surface area contributed by atoms with E-state index in [-0.39, 0.29) is 16.3 Å². The molecule has 2 aromatic carbocycles. The van der Waals surface area contributed by atoms with E-state index >= 15 is 0 Å². The Kier molecular flexibility index (Phi) is 4.65. The Labute approximate surface area is 130 Å². The van der Waals surface area contributed by atoms with Crippen LogP contribution >= 0.6 is 11.6 Å². The maximum absolute atomic E-state index is 13.6. The van der Waals surface area contributed by atoms with Gasteiger partial charge in [-0.1, -0.05) is 17.7 Å². The lowest BCUT2D eigenvalue weighted by atomic mass is 10.2. The van der Waals surface area contributed by atoms with Crippen molar-refractivity contribution in [2.24, 2.45) is 0 Å². The van der Waals surface area contributed by atoms with Gasteiger partial charge in [-0.15, -0.1) is 4.83 Å². The fraction of sp³-hybridized carbons (Fsp3) is 0. The molecule has 0 unspecified atom stereocenters. The lowest BCUT2D eigenvalue weighted by molar-refractivity contribution is 0.0944. The van der Waals surface area contributed by atoms with Crippen LogP contribution < -0.4 is 10.3 Å². The normalized spacial score (nSPS) is 11.2. The fourth-order valence-corrected chi connectivity index (χ4v) is 2.64. The van der Waals surface area contributed by atoms with E-state index in [1.807, 2.05) is 5.43 Å². The van der Waals surface area contributed by atoms with Gasteiger partial charge in [-0.25, -0.2) is 12.8 Å². The first-order valence-corrected chi connectivity index (χ1v) is 7.72. The van der Waals surface area contributed by atoms with Gasteiger partial charge in [0.2, 0.25) is 0 Å². The molecule has 0 fully saturated rings. The number of phenols is 1. The van der Waals surface area contributed by atoms with E-state index < -0.39 is 26.6 Å². The Hall–Kier alpha value is -2.16. The highest BCUT2D eigenvalue weighted by atomic mass is 35.5. The number of aromatic hydroxyl groups is 1. The lowest BCUT2D eigenvalue weighted by Crippen LogP contribution is -2.41. The van der Waals surface area contributed by atoms with Crippen molar-refractivity contribution < 1.29 is 22.7 Å². The van der Waals surface area contributed by atoms with Crippen LogP contribution in [0.15, 0.2) is 47.4 Å². The predicted octanol–water partition coefficient (Wildman–Crippen LogP) is 1.81. The summed E-state index contributed by atoms with van der Waals surface area (Å²) in [7, 11) is -4.30. The molecule has 9 heteroatoms. The van der Waals surface area contributed by atoms with Crippen molar-refractivity contribution in [3.8, 4) is 5.75 Å². The maximum atomic E-state index is 13.6. The predicted molar refractivity (Wildman–Crippen MR) is 77.3 cm³/mol. The number of hydrogen-bond acceptors (Lipinski definition) is 4. The maximum Gasteiger partial charge on any atom is 0.266 e. The molecule has 22 heavy (non-hydrogen) atoms. The van der Waals surface area contributed by atoms with Crippen LogP contribution in [-0.4, -0.2) is 19.4 Å². The number of rotatable bonds is 4. The Bertz CT molecular complexity index is 827. The van der Waals surface area contributed by atoms with E-state index in [1.165, 1.54) is 24.3 Å². The van der Waals surface area contributed by atoms with Crippen molar-refractivity contribution in [3.63, 3.8) is 0 Å². The molecule has 0 radical (unpaired) electrons. The minimum absolute atomic E-state index is 0.0271. The largest absolute Gasteiger partial charge is 0.508 e. The number of carbonyl (C=O) groups is 1. The van der Waals surface area contributed by atoms with Gasteiger partial charge < -0.3 is 5.11 Å². The number of carbonyl (C=O) groups excluding carboxylic acids is 1. The number of sulfonamides is 1. The molecule has 6 nitrogen and oxygen atoms in total. The zero-order chi connectivity index (χ0) is 16.3. The Morgan fingerprint density at radius 3 is 2.55 bits per heavy atom. The number of amides is 1. The molecule has 3 N–H and O–H groups in total. The van der Waals surface area contributed by atoms with Gasteiger partial charge in [0, 0.05) is 10.6 Å². The summed E-state index contributed by atoms with van der Waals surface area (Å²) in [6.07, 6.45) is 0. The average Bonchev–Trinajstić information content (AvgIpc) is 2.44. The first-order chi connectivity index (χ1) is 10.3. The molecule has 0 bridgehead atoms. The summed E-state index contributed by atoms with van der Waals surface area (Å²) in [6, 6.07) is 8.30. The van der Waals surface area contributed by atoms with Crippen LogP contribution in [0.3, 0.4) is 0 Å². The molecule has 0 spiro atoms. The highest BCUT2D eigenvalue weighted by molar-refractivity contribution is 7.89. The molecule has 2 rings (SSSR count). The number of phenolic OH excluding ortho intramolecular Hbond substituents is 1. The quantitative estimate of drug-likeness (QED) is 0.737. The smallest absolute Gasteiger partial charge is 0.266 e. The van der Waals surface area contributed by atoms with E-state index in [0.717, 1.165) is 18.2 Å². The van der Waals surface area contributed by atoms with Crippen LogP contribution in [0.1, 0.15) is 10.4 Å². The van der Waals surface area contributed by atoms with Crippen LogP contribution in [0.25, 0.3) is 0 Å². The van der Waals surface area contributed by atoms with Crippen molar-refractivity contribution >= 4 is 27.5 Å². The highest BCUT2D eigenvalue weighted by Crippen LogP contribution is 2.18. The fourth-order valence-electron chi connectivity index (χ4n) is 1.58. The molecular weight excluding hydrogens is 335 g/mol. The third-order valence-electron chi connectivity index (χ3n) is 2.59. The number of nitrogens with one attached hydrogen (secondary N) is 2.